The lowest BCUT2D eigenvalue weighted by Crippen LogP contribution is -2.40. The molecule has 2 amide bonds. The van der Waals surface area contributed by atoms with E-state index in [-0.39, 0.29) is 11.8 Å². The van der Waals surface area contributed by atoms with E-state index in [1.807, 2.05) is 0 Å². The molecule has 4 N–H and O–H groups in total. The molecule has 0 aromatic rings. The summed E-state index contributed by atoms with van der Waals surface area (Å²) in [7, 11) is 0. The van der Waals surface area contributed by atoms with Gasteiger partial charge in [0.05, 0.1) is 0 Å². The van der Waals surface area contributed by atoms with E-state index in [2.05, 4.69) is 4.90 Å². The van der Waals surface area contributed by atoms with Crippen molar-refractivity contribution in [3.8, 4) is 0 Å². The minimum absolute atomic E-state index is 0.287. The SMILES string of the molecule is NC(=O)CCN(CCC(N)=O)C1CCCCC1. The molecule has 1 rings (SSSR count). The van der Waals surface area contributed by atoms with Gasteiger partial charge in [-0.3, -0.25) is 14.5 Å². The summed E-state index contributed by atoms with van der Waals surface area (Å²) < 4.78 is 0. The standard InChI is InChI=1S/C12H23N3O2/c13-11(16)6-8-15(9-7-12(14)17)10-4-2-1-3-5-10/h10H,1-9H2,(H2,13,16)(H2,14,17). The van der Waals surface area contributed by atoms with Crippen molar-refractivity contribution >= 4 is 11.8 Å². The molecule has 0 aromatic carbocycles. The molecule has 0 unspecified atom stereocenters. The predicted octanol–water partition coefficient (Wildman–Crippen LogP) is 0.372. The first-order valence-corrected chi connectivity index (χ1v) is 6.40. The molecule has 0 aromatic heterocycles. The molecule has 0 aliphatic heterocycles. The third kappa shape index (κ3) is 5.68. The van der Waals surface area contributed by atoms with Gasteiger partial charge in [0.15, 0.2) is 0 Å². The fourth-order valence-corrected chi connectivity index (χ4v) is 2.43. The minimum atomic E-state index is -0.287. The molecule has 0 saturated heterocycles. The minimum Gasteiger partial charge on any atom is -0.370 e. The molecule has 0 bridgehead atoms. The Morgan fingerprint density at radius 3 is 1.82 bits per heavy atom. The molecule has 98 valence electrons. The zero-order valence-electron chi connectivity index (χ0n) is 10.4. The lowest BCUT2D eigenvalue weighted by molar-refractivity contribution is -0.118. The van der Waals surface area contributed by atoms with E-state index in [1.165, 1.54) is 19.3 Å². The smallest absolute Gasteiger partial charge is 0.218 e. The van der Waals surface area contributed by atoms with Gasteiger partial charge in [0.1, 0.15) is 0 Å². The van der Waals surface area contributed by atoms with Crippen LogP contribution in [0.2, 0.25) is 0 Å². The maximum Gasteiger partial charge on any atom is 0.218 e. The Hall–Kier alpha value is -1.10. The average Bonchev–Trinajstić information content (AvgIpc) is 2.29. The van der Waals surface area contributed by atoms with Crippen LogP contribution in [0.25, 0.3) is 0 Å². The van der Waals surface area contributed by atoms with E-state index in [0.717, 1.165) is 12.8 Å². The molecule has 1 aliphatic rings. The van der Waals surface area contributed by atoms with Gasteiger partial charge in [-0.2, -0.15) is 0 Å². The van der Waals surface area contributed by atoms with Crippen LogP contribution in [-0.2, 0) is 9.59 Å². The van der Waals surface area contributed by atoms with Crippen molar-refractivity contribution in [1.82, 2.24) is 4.90 Å². The fraction of sp³-hybridized carbons (Fsp3) is 0.833. The molecule has 1 fully saturated rings. The summed E-state index contributed by atoms with van der Waals surface area (Å²) in [5.41, 5.74) is 10.3. The van der Waals surface area contributed by atoms with Crippen LogP contribution in [0.15, 0.2) is 0 Å². The van der Waals surface area contributed by atoms with Crippen LogP contribution in [0.1, 0.15) is 44.9 Å². The number of nitrogens with zero attached hydrogens (tertiary/aromatic N) is 1. The van der Waals surface area contributed by atoms with E-state index in [9.17, 15) is 9.59 Å². The maximum absolute atomic E-state index is 10.8. The van der Waals surface area contributed by atoms with E-state index >= 15 is 0 Å². The zero-order valence-corrected chi connectivity index (χ0v) is 10.4. The summed E-state index contributed by atoms with van der Waals surface area (Å²) in [6.07, 6.45) is 6.76. The number of hydrogen-bond acceptors (Lipinski definition) is 3. The van der Waals surface area contributed by atoms with E-state index < -0.39 is 0 Å². The fourth-order valence-electron chi connectivity index (χ4n) is 2.43. The largest absolute Gasteiger partial charge is 0.370 e. The number of carbonyl (C=O) groups is 2. The highest BCUT2D eigenvalue weighted by Crippen LogP contribution is 2.22. The Kier molecular flexibility index (Phi) is 5.97. The highest BCUT2D eigenvalue weighted by Gasteiger charge is 2.21. The normalized spacial score (nSPS) is 17.2. The molecule has 0 heterocycles. The van der Waals surface area contributed by atoms with Gasteiger partial charge in [-0.15, -0.1) is 0 Å². The van der Waals surface area contributed by atoms with Gasteiger partial charge < -0.3 is 11.5 Å². The Bertz CT molecular complexity index is 244. The van der Waals surface area contributed by atoms with Gasteiger partial charge in [-0.05, 0) is 12.8 Å². The summed E-state index contributed by atoms with van der Waals surface area (Å²) in [5, 5.41) is 0. The summed E-state index contributed by atoms with van der Waals surface area (Å²) >= 11 is 0. The highest BCUT2D eigenvalue weighted by atomic mass is 16.1. The quantitative estimate of drug-likeness (QED) is 0.675. The van der Waals surface area contributed by atoms with Gasteiger partial charge in [0.2, 0.25) is 11.8 Å². The molecule has 0 atom stereocenters. The van der Waals surface area contributed by atoms with E-state index in [0.29, 0.717) is 32.0 Å². The zero-order chi connectivity index (χ0) is 12.7. The van der Waals surface area contributed by atoms with Crippen LogP contribution in [-0.4, -0.2) is 35.8 Å². The van der Waals surface area contributed by atoms with Crippen molar-refractivity contribution in [3.05, 3.63) is 0 Å². The molecule has 1 saturated carbocycles. The molecule has 1 aliphatic carbocycles. The topological polar surface area (TPSA) is 89.4 Å². The van der Waals surface area contributed by atoms with Gasteiger partial charge in [-0.1, -0.05) is 19.3 Å². The van der Waals surface area contributed by atoms with Gasteiger partial charge in [-0.25, -0.2) is 0 Å². The molecule has 17 heavy (non-hydrogen) atoms. The van der Waals surface area contributed by atoms with Crippen LogP contribution in [0.3, 0.4) is 0 Å². The van der Waals surface area contributed by atoms with Crippen molar-refractivity contribution in [2.75, 3.05) is 13.1 Å². The second-order valence-corrected chi connectivity index (χ2v) is 4.76. The number of rotatable bonds is 7. The number of carbonyl (C=O) groups excluding carboxylic acids is 2. The lowest BCUT2D eigenvalue weighted by atomic mass is 9.94. The molecular formula is C12H23N3O2. The average molecular weight is 241 g/mol. The van der Waals surface area contributed by atoms with Crippen molar-refractivity contribution in [2.24, 2.45) is 11.5 Å². The summed E-state index contributed by atoms with van der Waals surface area (Å²) in [5.74, 6) is -0.574. The Labute approximate surface area is 103 Å². The number of hydrogen-bond donors (Lipinski definition) is 2. The highest BCUT2D eigenvalue weighted by molar-refractivity contribution is 5.74. The third-order valence-electron chi connectivity index (χ3n) is 3.38. The van der Waals surface area contributed by atoms with Gasteiger partial charge in [0, 0.05) is 32.0 Å². The third-order valence-corrected chi connectivity index (χ3v) is 3.38. The second kappa shape index (κ2) is 7.27. The van der Waals surface area contributed by atoms with Crippen LogP contribution in [0, 0.1) is 0 Å². The molecule has 5 heteroatoms. The summed E-state index contributed by atoms with van der Waals surface area (Å²) in [6.45, 7) is 1.29. The lowest BCUT2D eigenvalue weighted by Gasteiger charge is -2.33. The monoisotopic (exact) mass is 241 g/mol. The molecule has 0 radical (unpaired) electrons. The first-order valence-electron chi connectivity index (χ1n) is 6.40. The summed E-state index contributed by atoms with van der Waals surface area (Å²) in [4.78, 5) is 23.9. The maximum atomic E-state index is 10.8. The van der Waals surface area contributed by atoms with Gasteiger partial charge >= 0.3 is 0 Å². The number of nitrogens with two attached hydrogens (primary N) is 2. The second-order valence-electron chi connectivity index (χ2n) is 4.76. The Balaban J connectivity index is 2.43. The molecular weight excluding hydrogens is 218 g/mol. The Morgan fingerprint density at radius 2 is 1.41 bits per heavy atom. The van der Waals surface area contributed by atoms with Gasteiger partial charge in [0.25, 0.3) is 0 Å². The first kappa shape index (κ1) is 14.0. The van der Waals surface area contributed by atoms with Crippen LogP contribution >= 0.6 is 0 Å². The van der Waals surface area contributed by atoms with Crippen molar-refractivity contribution in [1.29, 1.82) is 0 Å². The molecule has 5 nitrogen and oxygen atoms in total. The Morgan fingerprint density at radius 1 is 0.941 bits per heavy atom. The first-order chi connectivity index (χ1) is 8.09. The van der Waals surface area contributed by atoms with Crippen LogP contribution in [0.5, 0.6) is 0 Å². The number of amides is 2. The van der Waals surface area contributed by atoms with Crippen LogP contribution < -0.4 is 11.5 Å². The van der Waals surface area contributed by atoms with Crippen LogP contribution in [0.4, 0.5) is 0 Å². The summed E-state index contributed by atoms with van der Waals surface area (Å²) in [6, 6.07) is 0.488. The van der Waals surface area contributed by atoms with Crippen molar-refractivity contribution < 1.29 is 9.59 Å². The van der Waals surface area contributed by atoms with Crippen molar-refractivity contribution in [2.45, 2.75) is 51.0 Å². The van der Waals surface area contributed by atoms with E-state index in [4.69, 9.17) is 11.5 Å². The predicted molar refractivity (Wildman–Crippen MR) is 66.1 cm³/mol. The number of primary amides is 2. The van der Waals surface area contributed by atoms with Crippen molar-refractivity contribution in [3.63, 3.8) is 0 Å². The van der Waals surface area contributed by atoms with E-state index in [1.54, 1.807) is 0 Å². The molecule has 0 spiro atoms.